The molecular formula is C16H13Cl2NO. The molecular weight excluding hydrogens is 293 g/mol. The minimum atomic E-state index is -0.0991. The lowest BCUT2D eigenvalue weighted by molar-refractivity contribution is 0.104. The standard InChI is InChI=1S/C16H13Cl2NO/c1-11-2-7-14(18)15(10-11)19-9-8-16(20)12-3-5-13(17)6-4-12/h2-10,19H,1H3. The van der Waals surface area contributed by atoms with Crippen LogP contribution in [0.15, 0.2) is 54.7 Å². The second kappa shape index (κ2) is 6.60. The van der Waals surface area contributed by atoms with Crippen molar-refractivity contribution in [1.82, 2.24) is 0 Å². The topological polar surface area (TPSA) is 29.1 Å². The number of hydrogen-bond acceptors (Lipinski definition) is 2. The van der Waals surface area contributed by atoms with Gasteiger partial charge in [0.25, 0.3) is 0 Å². The van der Waals surface area contributed by atoms with Crippen LogP contribution in [-0.2, 0) is 0 Å². The van der Waals surface area contributed by atoms with Gasteiger partial charge in [0, 0.05) is 22.9 Å². The van der Waals surface area contributed by atoms with Gasteiger partial charge in [-0.2, -0.15) is 0 Å². The summed E-state index contributed by atoms with van der Waals surface area (Å²) in [5.41, 5.74) is 2.45. The number of carbonyl (C=O) groups is 1. The first-order valence-corrected chi connectivity index (χ1v) is 6.81. The number of halogens is 2. The zero-order valence-corrected chi connectivity index (χ0v) is 12.4. The molecule has 1 N–H and O–H groups in total. The second-order valence-corrected chi connectivity index (χ2v) is 5.18. The third-order valence-electron chi connectivity index (χ3n) is 2.72. The van der Waals surface area contributed by atoms with Crippen molar-refractivity contribution in [2.75, 3.05) is 5.32 Å². The molecule has 0 unspecified atom stereocenters. The van der Waals surface area contributed by atoms with Crippen LogP contribution < -0.4 is 5.32 Å². The molecule has 0 saturated carbocycles. The predicted octanol–water partition coefficient (Wildman–Crippen LogP) is 5.11. The fourth-order valence-electron chi connectivity index (χ4n) is 1.67. The fourth-order valence-corrected chi connectivity index (χ4v) is 1.97. The third kappa shape index (κ3) is 3.86. The van der Waals surface area contributed by atoms with Gasteiger partial charge in [-0.05, 0) is 48.9 Å². The van der Waals surface area contributed by atoms with Gasteiger partial charge in [0.05, 0.1) is 10.7 Å². The normalized spacial score (nSPS) is 10.8. The number of benzene rings is 2. The Hall–Kier alpha value is -1.77. The molecule has 0 aromatic heterocycles. The highest BCUT2D eigenvalue weighted by Gasteiger charge is 2.01. The van der Waals surface area contributed by atoms with Crippen LogP contribution in [0.1, 0.15) is 15.9 Å². The highest BCUT2D eigenvalue weighted by Crippen LogP contribution is 2.22. The number of aryl methyl sites for hydroxylation is 1. The summed E-state index contributed by atoms with van der Waals surface area (Å²) in [6.07, 6.45) is 3.04. The first kappa shape index (κ1) is 14.6. The molecule has 102 valence electrons. The molecule has 0 saturated heterocycles. The maximum absolute atomic E-state index is 11.9. The Balaban J connectivity index is 2.04. The molecule has 4 heteroatoms. The molecule has 0 aliphatic heterocycles. The van der Waals surface area contributed by atoms with Gasteiger partial charge in [-0.25, -0.2) is 0 Å². The fraction of sp³-hybridized carbons (Fsp3) is 0.0625. The average Bonchev–Trinajstić information content (AvgIpc) is 2.43. The van der Waals surface area contributed by atoms with Crippen LogP contribution in [0.4, 0.5) is 5.69 Å². The van der Waals surface area contributed by atoms with Crippen LogP contribution in [0.25, 0.3) is 0 Å². The summed E-state index contributed by atoms with van der Waals surface area (Å²) in [4.78, 5) is 11.9. The van der Waals surface area contributed by atoms with Crippen LogP contribution in [-0.4, -0.2) is 5.78 Å². The van der Waals surface area contributed by atoms with Crippen molar-refractivity contribution in [3.05, 3.63) is 75.9 Å². The van der Waals surface area contributed by atoms with Crippen molar-refractivity contribution in [1.29, 1.82) is 0 Å². The molecule has 0 fully saturated rings. The number of rotatable bonds is 4. The summed E-state index contributed by atoms with van der Waals surface area (Å²) >= 11 is 11.8. The highest BCUT2D eigenvalue weighted by molar-refractivity contribution is 6.33. The van der Waals surface area contributed by atoms with Crippen LogP contribution >= 0.6 is 23.2 Å². The number of ketones is 1. The van der Waals surface area contributed by atoms with Gasteiger partial charge >= 0.3 is 0 Å². The van der Waals surface area contributed by atoms with Crippen molar-refractivity contribution in [3.63, 3.8) is 0 Å². The monoisotopic (exact) mass is 305 g/mol. The SMILES string of the molecule is Cc1ccc(Cl)c(NC=CC(=O)c2ccc(Cl)cc2)c1. The molecule has 20 heavy (non-hydrogen) atoms. The van der Waals surface area contributed by atoms with E-state index in [0.717, 1.165) is 11.3 Å². The molecule has 0 spiro atoms. The summed E-state index contributed by atoms with van der Waals surface area (Å²) in [5, 5.41) is 4.22. The Kier molecular flexibility index (Phi) is 4.83. The largest absolute Gasteiger partial charge is 0.360 e. The summed E-state index contributed by atoms with van der Waals surface area (Å²) in [6.45, 7) is 1.98. The zero-order valence-electron chi connectivity index (χ0n) is 10.9. The van der Waals surface area contributed by atoms with E-state index in [4.69, 9.17) is 23.2 Å². The molecule has 0 amide bonds. The number of anilines is 1. The van der Waals surface area contributed by atoms with E-state index in [-0.39, 0.29) is 5.78 Å². The molecule has 0 aliphatic carbocycles. The van der Waals surface area contributed by atoms with Crippen LogP contribution in [0.2, 0.25) is 10.0 Å². The van der Waals surface area contributed by atoms with Crippen LogP contribution in [0.5, 0.6) is 0 Å². The minimum absolute atomic E-state index is 0.0991. The van der Waals surface area contributed by atoms with Gasteiger partial charge < -0.3 is 5.32 Å². The first-order chi connectivity index (χ1) is 9.56. The van der Waals surface area contributed by atoms with E-state index in [1.165, 1.54) is 6.08 Å². The van der Waals surface area contributed by atoms with Crippen molar-refractivity contribution < 1.29 is 4.79 Å². The van der Waals surface area contributed by atoms with Gasteiger partial charge in [-0.3, -0.25) is 4.79 Å². The number of carbonyl (C=O) groups excluding carboxylic acids is 1. The summed E-state index contributed by atoms with van der Waals surface area (Å²) < 4.78 is 0. The highest BCUT2D eigenvalue weighted by atomic mass is 35.5. The van der Waals surface area contributed by atoms with E-state index in [0.29, 0.717) is 15.6 Å². The lowest BCUT2D eigenvalue weighted by atomic mass is 10.1. The van der Waals surface area contributed by atoms with Gasteiger partial charge in [0.1, 0.15) is 0 Å². The molecule has 0 bridgehead atoms. The van der Waals surface area contributed by atoms with Gasteiger partial charge in [-0.15, -0.1) is 0 Å². The quantitative estimate of drug-likeness (QED) is 0.628. The Morgan fingerprint density at radius 1 is 1.10 bits per heavy atom. The lowest BCUT2D eigenvalue weighted by Gasteiger charge is -2.04. The van der Waals surface area contributed by atoms with Gasteiger partial charge in [0.15, 0.2) is 5.78 Å². The van der Waals surface area contributed by atoms with E-state index in [1.54, 1.807) is 30.5 Å². The number of allylic oxidation sites excluding steroid dienone is 1. The molecule has 0 atom stereocenters. The Bertz CT molecular complexity index is 648. The van der Waals surface area contributed by atoms with Gasteiger partial charge in [-0.1, -0.05) is 29.3 Å². The molecule has 0 radical (unpaired) electrons. The van der Waals surface area contributed by atoms with Crippen molar-refractivity contribution >= 4 is 34.7 Å². The van der Waals surface area contributed by atoms with E-state index in [9.17, 15) is 4.79 Å². The molecule has 0 aliphatic rings. The maximum atomic E-state index is 11.9. The van der Waals surface area contributed by atoms with Crippen molar-refractivity contribution in [2.24, 2.45) is 0 Å². The summed E-state index contributed by atoms with van der Waals surface area (Å²) in [5.74, 6) is -0.0991. The predicted molar refractivity (Wildman–Crippen MR) is 84.7 cm³/mol. The van der Waals surface area contributed by atoms with E-state index in [2.05, 4.69) is 5.32 Å². The Labute approximate surface area is 128 Å². The van der Waals surface area contributed by atoms with E-state index in [1.807, 2.05) is 25.1 Å². The average molecular weight is 306 g/mol. The van der Waals surface area contributed by atoms with Crippen molar-refractivity contribution in [2.45, 2.75) is 6.92 Å². The minimum Gasteiger partial charge on any atom is -0.360 e. The molecule has 2 nitrogen and oxygen atoms in total. The first-order valence-electron chi connectivity index (χ1n) is 6.05. The maximum Gasteiger partial charge on any atom is 0.187 e. The second-order valence-electron chi connectivity index (χ2n) is 4.33. The molecule has 2 aromatic rings. The molecule has 2 aromatic carbocycles. The summed E-state index contributed by atoms with van der Waals surface area (Å²) in [7, 11) is 0. The third-order valence-corrected chi connectivity index (χ3v) is 3.31. The van der Waals surface area contributed by atoms with Gasteiger partial charge in [0.2, 0.25) is 0 Å². The molecule has 2 rings (SSSR count). The lowest BCUT2D eigenvalue weighted by Crippen LogP contribution is -1.96. The zero-order chi connectivity index (χ0) is 14.5. The van der Waals surface area contributed by atoms with Crippen LogP contribution in [0, 0.1) is 6.92 Å². The van der Waals surface area contributed by atoms with Crippen molar-refractivity contribution in [3.8, 4) is 0 Å². The summed E-state index contributed by atoms with van der Waals surface area (Å²) in [6, 6.07) is 12.4. The smallest absolute Gasteiger partial charge is 0.187 e. The van der Waals surface area contributed by atoms with E-state index < -0.39 is 0 Å². The Morgan fingerprint density at radius 3 is 2.50 bits per heavy atom. The number of hydrogen-bond donors (Lipinski definition) is 1. The molecule has 0 heterocycles. The Morgan fingerprint density at radius 2 is 1.80 bits per heavy atom. The van der Waals surface area contributed by atoms with Crippen LogP contribution in [0.3, 0.4) is 0 Å². The number of nitrogens with one attached hydrogen (secondary N) is 1. The van der Waals surface area contributed by atoms with E-state index >= 15 is 0 Å².